The van der Waals surface area contributed by atoms with E-state index in [4.69, 9.17) is 9.07 Å². The zero-order valence-corrected chi connectivity index (χ0v) is 7.76. The quantitative estimate of drug-likeness (QED) is 0.356. The Morgan fingerprint density at radius 2 is 1.88 bits per heavy atom. The number of hydrogen-bond donors (Lipinski definition) is 0. The van der Waals surface area contributed by atoms with Gasteiger partial charge in [0.15, 0.2) is 0 Å². The predicted molar refractivity (Wildman–Crippen MR) is 38.8 cm³/mol. The average molecular weight is 141 g/mol. The molecular weight excluding hydrogens is 132 g/mol. The van der Waals surface area contributed by atoms with Crippen LogP contribution in [0, 0.1) is 15.4 Å². The summed E-state index contributed by atoms with van der Waals surface area (Å²) in [5.41, 5.74) is 0.141. The Hall–Kier alpha value is 0.616. The zero-order valence-electron chi connectivity index (χ0n) is 5.59. The van der Waals surface area contributed by atoms with E-state index < -0.39 is 19.3 Å². The van der Waals surface area contributed by atoms with Crippen molar-refractivity contribution in [3.8, 4) is 9.97 Å². The Bertz CT molecular complexity index is 113. The topological polar surface area (TPSA) is 0 Å². The highest BCUT2D eigenvalue weighted by atomic mass is 35.5. The number of rotatable bonds is 0. The molecule has 0 saturated carbocycles. The lowest BCUT2D eigenvalue weighted by atomic mass is 9.99. The molecule has 0 unspecified atom stereocenters. The molecule has 2 heteroatoms. The van der Waals surface area contributed by atoms with Crippen LogP contribution in [-0.2, 0) is 0 Å². The highest BCUT2D eigenvalue weighted by molar-refractivity contribution is 6.98. The molecule has 0 aromatic carbocycles. The van der Waals surface area contributed by atoms with Crippen molar-refractivity contribution in [1.82, 2.24) is 0 Å². The normalized spacial score (nSPS) is 9.00. The second-order valence-electron chi connectivity index (χ2n) is 2.69. The van der Waals surface area contributed by atoms with Gasteiger partial charge in [-0.1, -0.05) is 0 Å². The van der Waals surface area contributed by atoms with Crippen LogP contribution in [0.2, 0.25) is 0 Å². The molecule has 0 spiro atoms. The summed E-state index contributed by atoms with van der Waals surface area (Å²) in [5, 5.41) is 0. The third-order valence-electron chi connectivity index (χ3n) is 0.530. The minimum absolute atomic E-state index is 0.141. The van der Waals surface area contributed by atoms with E-state index >= 15 is 0 Å². The second kappa shape index (κ2) is 3.61. The molecule has 0 bridgehead atoms. The van der Waals surface area contributed by atoms with Gasteiger partial charge in [-0.2, -0.15) is 0 Å². The fourth-order valence-corrected chi connectivity index (χ4v) is 1.10. The lowest BCUT2D eigenvalue weighted by Crippen LogP contribution is -1.99. The van der Waals surface area contributed by atoms with Crippen LogP contribution in [-0.4, -0.2) is 19.3 Å². The van der Waals surface area contributed by atoms with Crippen LogP contribution in [0.3, 0.4) is 0 Å². The Kier molecular flexibility index (Phi) is 3.88. The molecule has 0 heterocycles. The molecule has 0 aromatic rings. The van der Waals surface area contributed by atoms with Gasteiger partial charge in [-0.05, 0) is 20.8 Å². The highest BCUT2D eigenvalue weighted by Crippen LogP contribution is 2.09. The van der Waals surface area contributed by atoms with Gasteiger partial charge in [-0.25, -0.2) is 4.05 Å². The van der Waals surface area contributed by atoms with Gasteiger partial charge < -0.3 is 9.07 Å². The van der Waals surface area contributed by atoms with Crippen LogP contribution >= 0.6 is 9.07 Å². The zero-order chi connectivity index (χ0) is 6.62. The van der Waals surface area contributed by atoms with Crippen LogP contribution < -0.4 is 0 Å². The Labute approximate surface area is 64.5 Å². The van der Waals surface area contributed by atoms with Gasteiger partial charge in [-0.15, -0.1) is 5.92 Å². The first-order chi connectivity index (χ1) is 3.56. The van der Waals surface area contributed by atoms with Gasteiger partial charge in [0.05, 0.1) is 0 Å². The van der Waals surface area contributed by atoms with E-state index in [1.807, 2.05) is 0 Å². The molecule has 0 nitrogen and oxygen atoms in total. The lowest BCUT2D eigenvalue weighted by Gasteiger charge is -2.06. The molecule has 0 aromatic heterocycles. The Morgan fingerprint density at radius 1 is 1.38 bits per heavy atom. The van der Waals surface area contributed by atoms with E-state index in [1.54, 1.807) is 0 Å². The number of hydrogen-bond acceptors (Lipinski definition) is 0. The summed E-state index contributed by atoms with van der Waals surface area (Å²) in [6.45, 7) is 6.25. The molecule has 0 aliphatic carbocycles. The van der Waals surface area contributed by atoms with E-state index in [0.717, 1.165) is 0 Å². The van der Waals surface area contributed by atoms with Crippen LogP contribution in [0.1, 0.15) is 20.8 Å². The first-order valence-corrected chi connectivity index (χ1v) is 5.47. The SMILES string of the molecule is CC(C)(C)C#[C][Mg][Cl]. The van der Waals surface area contributed by atoms with Gasteiger partial charge >= 0.3 is 19.3 Å². The van der Waals surface area contributed by atoms with Gasteiger partial charge in [0.2, 0.25) is 0 Å². The summed E-state index contributed by atoms with van der Waals surface area (Å²) >= 11 is -0.555. The Morgan fingerprint density at radius 3 is 2.00 bits per heavy atom. The molecule has 0 amide bonds. The minimum atomic E-state index is -0.555. The standard InChI is InChI=1S/C6H9.ClH.Mg/c1-5-6(2,3)4;;/h2-4H3;1H;/q;;+1/p-1. The van der Waals surface area contributed by atoms with E-state index in [-0.39, 0.29) is 5.41 Å². The molecule has 0 aliphatic rings. The van der Waals surface area contributed by atoms with Crippen LogP contribution in [0.4, 0.5) is 0 Å². The van der Waals surface area contributed by atoms with Crippen LogP contribution in [0.25, 0.3) is 0 Å². The molecule has 0 atom stereocenters. The molecule has 0 fully saturated rings. The molecule has 0 radical (unpaired) electrons. The average Bonchev–Trinajstić information content (AvgIpc) is 1.59. The summed E-state index contributed by atoms with van der Waals surface area (Å²) in [7, 11) is 5.47. The Balaban J connectivity index is 3.69. The van der Waals surface area contributed by atoms with Crippen molar-refractivity contribution in [3.63, 3.8) is 0 Å². The second-order valence-corrected chi connectivity index (χ2v) is 4.11. The largest absolute Gasteiger partial charge is 0.598 e. The molecule has 0 rings (SSSR count). The molecular formula is C6H9ClMg. The maximum atomic E-state index is 5.47. The van der Waals surface area contributed by atoms with Gasteiger partial charge in [0.25, 0.3) is 0 Å². The van der Waals surface area contributed by atoms with Gasteiger partial charge in [0.1, 0.15) is 0 Å². The first-order valence-electron chi connectivity index (χ1n) is 2.62. The van der Waals surface area contributed by atoms with Crippen molar-refractivity contribution in [2.24, 2.45) is 5.41 Å². The van der Waals surface area contributed by atoms with E-state index in [1.165, 1.54) is 0 Å². The third kappa shape index (κ3) is 6.62. The van der Waals surface area contributed by atoms with Crippen LogP contribution in [0.5, 0.6) is 0 Å². The number of halogens is 1. The summed E-state index contributed by atoms with van der Waals surface area (Å²) < 4.78 is 2.94. The van der Waals surface area contributed by atoms with Gasteiger partial charge in [0, 0.05) is 5.41 Å². The first kappa shape index (κ1) is 8.62. The summed E-state index contributed by atoms with van der Waals surface area (Å²) in [6.07, 6.45) is 0. The fraction of sp³-hybridized carbons (Fsp3) is 0.667. The van der Waals surface area contributed by atoms with Crippen molar-refractivity contribution in [1.29, 1.82) is 0 Å². The third-order valence-corrected chi connectivity index (χ3v) is 1.24. The highest BCUT2D eigenvalue weighted by Gasteiger charge is 2.01. The van der Waals surface area contributed by atoms with Crippen molar-refractivity contribution in [2.45, 2.75) is 20.8 Å². The van der Waals surface area contributed by atoms with Gasteiger partial charge in [-0.3, -0.25) is 0 Å². The maximum absolute atomic E-state index is 5.47. The van der Waals surface area contributed by atoms with E-state index in [9.17, 15) is 0 Å². The molecule has 0 N–H and O–H groups in total. The monoisotopic (exact) mass is 140 g/mol. The molecule has 0 aliphatic heterocycles. The molecule has 42 valence electrons. The van der Waals surface area contributed by atoms with E-state index in [2.05, 4.69) is 30.7 Å². The van der Waals surface area contributed by atoms with Crippen molar-refractivity contribution in [3.05, 3.63) is 0 Å². The van der Waals surface area contributed by atoms with Crippen molar-refractivity contribution < 1.29 is 0 Å². The van der Waals surface area contributed by atoms with Crippen molar-refractivity contribution in [2.75, 3.05) is 0 Å². The van der Waals surface area contributed by atoms with Crippen molar-refractivity contribution >= 4 is 28.3 Å². The fourth-order valence-electron chi connectivity index (χ4n) is 0.299. The molecule has 8 heavy (non-hydrogen) atoms. The maximum Gasteiger partial charge on any atom is 0.598 e. The summed E-state index contributed by atoms with van der Waals surface area (Å²) in [6, 6.07) is 0. The van der Waals surface area contributed by atoms with Crippen LogP contribution in [0.15, 0.2) is 0 Å². The minimum Gasteiger partial charge on any atom is -0.316 e. The lowest BCUT2D eigenvalue weighted by molar-refractivity contribution is 0.571. The smallest absolute Gasteiger partial charge is 0.316 e. The summed E-state index contributed by atoms with van der Waals surface area (Å²) in [5.74, 6) is 3.05. The molecule has 0 saturated heterocycles. The predicted octanol–water partition coefficient (Wildman–Crippen LogP) is 1.85. The van der Waals surface area contributed by atoms with E-state index in [0.29, 0.717) is 0 Å². The summed E-state index contributed by atoms with van der Waals surface area (Å²) in [4.78, 5) is 0.